The van der Waals surface area contributed by atoms with E-state index < -0.39 is 0 Å². The molecule has 3 rings (SSSR count). The zero-order valence-corrected chi connectivity index (χ0v) is 13.2. The van der Waals surface area contributed by atoms with Gasteiger partial charge < -0.3 is 5.32 Å². The Hall–Kier alpha value is -2.28. The van der Waals surface area contributed by atoms with Crippen LogP contribution in [0.5, 0.6) is 0 Å². The molecule has 2 heterocycles. The third kappa shape index (κ3) is 3.14. The van der Waals surface area contributed by atoms with Gasteiger partial charge in [-0.05, 0) is 18.1 Å². The molecule has 1 amide bonds. The van der Waals surface area contributed by atoms with E-state index in [0.29, 0.717) is 11.6 Å². The van der Waals surface area contributed by atoms with Gasteiger partial charge in [-0.1, -0.05) is 26.0 Å². The summed E-state index contributed by atoms with van der Waals surface area (Å²) in [6.07, 6.45) is 3.26. The van der Waals surface area contributed by atoms with Crippen molar-refractivity contribution in [2.75, 3.05) is 0 Å². The Morgan fingerprint density at radius 3 is 2.68 bits per heavy atom. The second-order valence-electron chi connectivity index (χ2n) is 5.39. The van der Waals surface area contributed by atoms with Crippen LogP contribution < -0.4 is 5.32 Å². The predicted molar refractivity (Wildman–Crippen MR) is 85.7 cm³/mol. The Morgan fingerprint density at radius 2 is 2.00 bits per heavy atom. The van der Waals surface area contributed by atoms with Crippen molar-refractivity contribution in [3.63, 3.8) is 0 Å². The van der Waals surface area contributed by atoms with Crippen LogP contribution >= 0.6 is 11.3 Å². The lowest BCUT2D eigenvalue weighted by atomic mass is 10.0. The van der Waals surface area contributed by atoms with Crippen LogP contribution in [0.4, 0.5) is 0 Å². The van der Waals surface area contributed by atoms with E-state index in [-0.39, 0.29) is 17.9 Å². The fourth-order valence-electron chi connectivity index (χ4n) is 2.14. The van der Waals surface area contributed by atoms with Crippen molar-refractivity contribution in [2.45, 2.75) is 26.4 Å². The van der Waals surface area contributed by atoms with E-state index in [1.165, 1.54) is 11.3 Å². The van der Waals surface area contributed by atoms with Crippen LogP contribution in [0.15, 0.2) is 36.7 Å². The summed E-state index contributed by atoms with van der Waals surface area (Å²) in [5, 5.41) is 11.7. The van der Waals surface area contributed by atoms with Crippen LogP contribution in [0.2, 0.25) is 0 Å². The van der Waals surface area contributed by atoms with Crippen molar-refractivity contribution in [1.29, 1.82) is 0 Å². The first-order chi connectivity index (χ1) is 10.6. The van der Waals surface area contributed by atoms with Gasteiger partial charge in [0.2, 0.25) is 0 Å². The molecule has 7 heteroatoms. The molecular formula is C15H17N5OS. The minimum atomic E-state index is -0.146. The molecule has 114 valence electrons. The Balaban J connectivity index is 1.75. The normalized spacial score (nSPS) is 12.7. The molecule has 3 aromatic rings. The van der Waals surface area contributed by atoms with Crippen LogP contribution in [-0.2, 0) is 6.54 Å². The minimum absolute atomic E-state index is 0.0492. The number of rotatable bonds is 5. The van der Waals surface area contributed by atoms with E-state index >= 15 is 0 Å². The number of carbonyl (C=O) groups is 1. The molecule has 22 heavy (non-hydrogen) atoms. The lowest BCUT2D eigenvalue weighted by Gasteiger charge is -2.21. The molecule has 1 N–H and O–H groups in total. The van der Waals surface area contributed by atoms with Crippen molar-refractivity contribution in [2.24, 2.45) is 5.92 Å². The number of nitrogens with zero attached hydrogens (tertiary/aromatic N) is 4. The van der Waals surface area contributed by atoms with Gasteiger partial charge in [-0.3, -0.25) is 4.79 Å². The summed E-state index contributed by atoms with van der Waals surface area (Å²) in [7, 11) is 0. The fraction of sp³-hybridized carbons (Fsp3) is 0.333. The summed E-state index contributed by atoms with van der Waals surface area (Å²) in [5.41, 5.74) is 0.854. The SMILES string of the molecule is CC(C)[C@H](Cn1nccn1)NC(=O)c1nc2ccccc2s1. The number of hydrogen-bond acceptors (Lipinski definition) is 5. The maximum Gasteiger partial charge on any atom is 0.280 e. The van der Waals surface area contributed by atoms with Gasteiger partial charge in [0, 0.05) is 0 Å². The topological polar surface area (TPSA) is 72.7 Å². The summed E-state index contributed by atoms with van der Waals surface area (Å²) in [6, 6.07) is 7.70. The first kappa shape index (κ1) is 14.6. The van der Waals surface area contributed by atoms with Crippen molar-refractivity contribution in [1.82, 2.24) is 25.3 Å². The van der Waals surface area contributed by atoms with Gasteiger partial charge in [-0.2, -0.15) is 15.0 Å². The number of carbonyl (C=O) groups excluding carboxylic acids is 1. The lowest BCUT2D eigenvalue weighted by molar-refractivity contribution is 0.0917. The molecule has 2 aromatic heterocycles. The van der Waals surface area contributed by atoms with Crippen LogP contribution in [0, 0.1) is 5.92 Å². The zero-order chi connectivity index (χ0) is 15.5. The van der Waals surface area contributed by atoms with E-state index in [0.717, 1.165) is 10.2 Å². The number of thiazole rings is 1. The second kappa shape index (κ2) is 6.23. The third-order valence-corrected chi connectivity index (χ3v) is 4.47. The van der Waals surface area contributed by atoms with Crippen molar-refractivity contribution in [3.8, 4) is 0 Å². The zero-order valence-electron chi connectivity index (χ0n) is 12.4. The summed E-state index contributed by atoms with van der Waals surface area (Å²) in [6.45, 7) is 4.67. The number of aromatic nitrogens is 4. The van der Waals surface area contributed by atoms with Gasteiger partial charge >= 0.3 is 0 Å². The molecule has 0 saturated carbocycles. The average Bonchev–Trinajstić information content (AvgIpc) is 3.15. The maximum atomic E-state index is 12.4. The van der Waals surface area contributed by atoms with Gasteiger partial charge in [0.15, 0.2) is 5.01 Å². The summed E-state index contributed by atoms with van der Waals surface area (Å²) in [4.78, 5) is 18.4. The second-order valence-corrected chi connectivity index (χ2v) is 6.43. The number of fused-ring (bicyclic) bond motifs is 1. The molecule has 6 nitrogen and oxygen atoms in total. The Bertz CT molecular complexity index is 732. The fourth-order valence-corrected chi connectivity index (χ4v) is 3.00. The molecule has 0 unspecified atom stereocenters. The molecule has 0 aliphatic rings. The first-order valence-corrected chi connectivity index (χ1v) is 7.95. The van der Waals surface area contributed by atoms with E-state index in [1.54, 1.807) is 17.2 Å². The quantitative estimate of drug-likeness (QED) is 0.784. The van der Waals surface area contributed by atoms with Crippen molar-refractivity contribution < 1.29 is 4.79 Å². The highest BCUT2D eigenvalue weighted by molar-refractivity contribution is 7.20. The lowest BCUT2D eigenvalue weighted by Crippen LogP contribution is -2.42. The Morgan fingerprint density at radius 1 is 1.27 bits per heavy atom. The molecule has 0 bridgehead atoms. The number of nitrogens with one attached hydrogen (secondary N) is 1. The number of amides is 1. The first-order valence-electron chi connectivity index (χ1n) is 7.14. The largest absolute Gasteiger partial charge is 0.345 e. The van der Waals surface area contributed by atoms with Gasteiger partial charge in [-0.15, -0.1) is 11.3 Å². The monoisotopic (exact) mass is 315 g/mol. The number of benzene rings is 1. The smallest absolute Gasteiger partial charge is 0.280 e. The van der Waals surface area contributed by atoms with E-state index in [9.17, 15) is 4.79 Å². The average molecular weight is 315 g/mol. The Labute approximate surface area is 132 Å². The molecule has 0 fully saturated rings. The highest BCUT2D eigenvalue weighted by Gasteiger charge is 2.20. The van der Waals surface area contributed by atoms with Crippen LogP contribution in [0.1, 0.15) is 23.6 Å². The highest BCUT2D eigenvalue weighted by Crippen LogP contribution is 2.21. The molecule has 0 saturated heterocycles. The Kier molecular flexibility index (Phi) is 4.15. The number of hydrogen-bond donors (Lipinski definition) is 1. The molecule has 0 spiro atoms. The number of para-hydroxylation sites is 1. The molecule has 1 aromatic carbocycles. The van der Waals surface area contributed by atoms with Crippen LogP contribution in [-0.4, -0.2) is 31.9 Å². The van der Waals surface area contributed by atoms with E-state index in [4.69, 9.17) is 0 Å². The van der Waals surface area contributed by atoms with E-state index in [1.807, 2.05) is 24.3 Å². The van der Waals surface area contributed by atoms with Gasteiger partial charge in [0.25, 0.3) is 5.91 Å². The van der Waals surface area contributed by atoms with Crippen LogP contribution in [0.3, 0.4) is 0 Å². The molecule has 1 atom stereocenters. The van der Waals surface area contributed by atoms with Crippen LogP contribution in [0.25, 0.3) is 10.2 Å². The highest BCUT2D eigenvalue weighted by atomic mass is 32.1. The summed E-state index contributed by atoms with van der Waals surface area (Å²) in [5.74, 6) is 0.122. The van der Waals surface area contributed by atoms with Gasteiger partial charge in [0.1, 0.15) is 0 Å². The molecule has 0 aliphatic carbocycles. The molecule has 0 radical (unpaired) electrons. The van der Waals surface area contributed by atoms with Gasteiger partial charge in [0.05, 0.1) is 35.2 Å². The third-order valence-electron chi connectivity index (χ3n) is 3.44. The molecular weight excluding hydrogens is 298 g/mol. The minimum Gasteiger partial charge on any atom is -0.345 e. The van der Waals surface area contributed by atoms with Crippen molar-refractivity contribution in [3.05, 3.63) is 41.7 Å². The summed E-state index contributed by atoms with van der Waals surface area (Å²) < 4.78 is 1.02. The van der Waals surface area contributed by atoms with Crippen molar-refractivity contribution >= 4 is 27.5 Å². The van der Waals surface area contributed by atoms with Gasteiger partial charge in [-0.25, -0.2) is 4.98 Å². The maximum absolute atomic E-state index is 12.4. The predicted octanol–water partition coefficient (Wildman–Crippen LogP) is 2.34. The molecule has 0 aliphatic heterocycles. The summed E-state index contributed by atoms with van der Waals surface area (Å²) >= 11 is 1.41. The standard InChI is InChI=1S/C15H17N5OS/c1-10(2)12(9-20-16-7-8-17-20)18-14(21)15-19-11-5-3-4-6-13(11)22-15/h3-8,10,12H,9H2,1-2H3,(H,18,21)/t12-/m0/s1. The van der Waals surface area contributed by atoms with E-state index in [2.05, 4.69) is 34.3 Å².